The van der Waals surface area contributed by atoms with Crippen LogP contribution in [0.4, 0.5) is 0 Å². The Balaban J connectivity index is 1.60. The van der Waals surface area contributed by atoms with Gasteiger partial charge in [0.1, 0.15) is 11.5 Å². The molecule has 0 radical (unpaired) electrons. The number of carbonyl (C=O) groups excluding carboxylic acids is 1. The molecule has 1 amide bonds. The van der Waals surface area contributed by atoms with Gasteiger partial charge in [-0.1, -0.05) is 0 Å². The number of ether oxygens (including phenoxy) is 2. The lowest BCUT2D eigenvalue weighted by Crippen LogP contribution is -2.36. The topological polar surface area (TPSA) is 50.8 Å². The smallest absolute Gasteiger partial charge is 0.223 e. The van der Waals surface area contributed by atoms with E-state index >= 15 is 0 Å². The minimum absolute atomic E-state index is 0.0596. The molecule has 1 aromatic rings. The summed E-state index contributed by atoms with van der Waals surface area (Å²) in [7, 11) is 7.55. The average molecular weight is 332 g/mol. The van der Waals surface area contributed by atoms with Crippen molar-refractivity contribution in [3.8, 4) is 11.5 Å². The first-order chi connectivity index (χ1) is 11.5. The van der Waals surface area contributed by atoms with Crippen LogP contribution >= 0.6 is 0 Å². The number of hydrogen-bond donors (Lipinski definition) is 1. The Kier molecular flexibility index (Phi) is 4.99. The molecule has 2 aliphatic rings. The van der Waals surface area contributed by atoms with Gasteiger partial charge in [-0.3, -0.25) is 4.79 Å². The standard InChI is InChI=1S/C19H28N2O3/c1-21(2)13-6-5-12(9-13)20-19(22)17-11-15(17)16-10-14(23-3)7-8-18(16)24-4/h7-8,10,12-13,15,17H,5-6,9,11H2,1-4H3,(H,20,22)/t12-,13-,15-,17-/m0/s1. The van der Waals surface area contributed by atoms with Crippen LogP contribution in [0.1, 0.15) is 37.2 Å². The minimum Gasteiger partial charge on any atom is -0.497 e. The monoisotopic (exact) mass is 332 g/mol. The van der Waals surface area contributed by atoms with Gasteiger partial charge >= 0.3 is 0 Å². The van der Waals surface area contributed by atoms with Crippen LogP contribution in [0.2, 0.25) is 0 Å². The summed E-state index contributed by atoms with van der Waals surface area (Å²) in [4.78, 5) is 14.8. The minimum atomic E-state index is 0.0596. The highest BCUT2D eigenvalue weighted by molar-refractivity contribution is 5.83. The Bertz CT molecular complexity index is 602. The van der Waals surface area contributed by atoms with Gasteiger partial charge < -0.3 is 19.7 Å². The lowest BCUT2D eigenvalue weighted by Gasteiger charge is -2.19. The Labute approximate surface area is 144 Å². The van der Waals surface area contributed by atoms with Crippen LogP contribution < -0.4 is 14.8 Å². The Morgan fingerprint density at radius 2 is 1.96 bits per heavy atom. The second kappa shape index (κ2) is 7.01. The normalized spacial score (nSPS) is 28.7. The predicted molar refractivity (Wildman–Crippen MR) is 93.7 cm³/mol. The SMILES string of the molecule is COc1ccc(OC)c([C@@H]2C[C@@H]2C(=O)N[C@H]2CC[C@H](N(C)C)C2)c1. The first-order valence-corrected chi connectivity index (χ1v) is 8.72. The summed E-state index contributed by atoms with van der Waals surface area (Å²) in [5.74, 6) is 2.13. The van der Waals surface area contributed by atoms with Crippen LogP contribution in [0.25, 0.3) is 0 Å². The Hall–Kier alpha value is -1.75. The van der Waals surface area contributed by atoms with Gasteiger partial charge in [0.25, 0.3) is 0 Å². The van der Waals surface area contributed by atoms with Gasteiger partial charge in [-0.25, -0.2) is 0 Å². The highest BCUT2D eigenvalue weighted by Crippen LogP contribution is 2.51. The number of rotatable bonds is 6. The van der Waals surface area contributed by atoms with Gasteiger partial charge in [0.2, 0.25) is 5.91 Å². The fourth-order valence-electron chi connectivity index (χ4n) is 3.82. The zero-order valence-corrected chi connectivity index (χ0v) is 15.0. The molecule has 0 heterocycles. The van der Waals surface area contributed by atoms with Gasteiger partial charge in [0.15, 0.2) is 0 Å². The summed E-state index contributed by atoms with van der Waals surface area (Å²) >= 11 is 0. The van der Waals surface area contributed by atoms with Gasteiger partial charge in [0.05, 0.1) is 14.2 Å². The van der Waals surface area contributed by atoms with Crippen molar-refractivity contribution >= 4 is 5.91 Å². The van der Waals surface area contributed by atoms with E-state index in [0.29, 0.717) is 12.1 Å². The molecule has 5 heteroatoms. The maximum atomic E-state index is 12.6. The summed E-state index contributed by atoms with van der Waals surface area (Å²) in [6, 6.07) is 6.70. The molecule has 0 saturated heterocycles. The molecular weight excluding hydrogens is 304 g/mol. The molecule has 2 saturated carbocycles. The molecule has 1 N–H and O–H groups in total. The molecular formula is C19H28N2O3. The largest absolute Gasteiger partial charge is 0.497 e. The van der Waals surface area contributed by atoms with E-state index in [0.717, 1.165) is 42.7 Å². The molecule has 4 atom stereocenters. The molecule has 24 heavy (non-hydrogen) atoms. The fourth-order valence-corrected chi connectivity index (χ4v) is 3.82. The van der Waals surface area contributed by atoms with Gasteiger partial charge in [-0.05, 0) is 58.0 Å². The van der Waals surface area contributed by atoms with Crippen LogP contribution in [0.5, 0.6) is 11.5 Å². The summed E-state index contributed by atoms with van der Waals surface area (Å²) in [5.41, 5.74) is 1.08. The Morgan fingerprint density at radius 1 is 1.17 bits per heavy atom. The van der Waals surface area contributed by atoms with Crippen molar-refractivity contribution in [2.75, 3.05) is 28.3 Å². The van der Waals surface area contributed by atoms with E-state index in [-0.39, 0.29) is 17.7 Å². The molecule has 1 aromatic carbocycles. The number of carbonyl (C=O) groups is 1. The second-order valence-electron chi connectivity index (χ2n) is 7.19. The zero-order chi connectivity index (χ0) is 17.3. The van der Waals surface area contributed by atoms with Crippen LogP contribution in [0.15, 0.2) is 18.2 Å². The van der Waals surface area contributed by atoms with Crippen molar-refractivity contribution < 1.29 is 14.3 Å². The third kappa shape index (κ3) is 3.51. The summed E-state index contributed by atoms with van der Waals surface area (Å²) in [6.07, 6.45) is 4.18. The van der Waals surface area contributed by atoms with E-state index in [1.165, 1.54) is 0 Å². The zero-order valence-electron chi connectivity index (χ0n) is 15.0. The maximum Gasteiger partial charge on any atom is 0.223 e. The van der Waals surface area contributed by atoms with E-state index in [2.05, 4.69) is 24.3 Å². The number of benzene rings is 1. The molecule has 0 aliphatic heterocycles. The van der Waals surface area contributed by atoms with Crippen molar-refractivity contribution in [3.63, 3.8) is 0 Å². The molecule has 0 unspecified atom stereocenters. The first-order valence-electron chi connectivity index (χ1n) is 8.72. The van der Waals surface area contributed by atoms with Crippen LogP contribution in [0, 0.1) is 5.92 Å². The lowest BCUT2D eigenvalue weighted by molar-refractivity contribution is -0.123. The van der Waals surface area contributed by atoms with Crippen molar-refractivity contribution in [1.82, 2.24) is 10.2 Å². The molecule has 3 rings (SSSR count). The van der Waals surface area contributed by atoms with Gasteiger partial charge in [0, 0.05) is 29.5 Å². The van der Waals surface area contributed by atoms with Crippen molar-refractivity contribution in [2.24, 2.45) is 5.92 Å². The molecule has 0 bridgehead atoms. The fraction of sp³-hybridized carbons (Fsp3) is 0.632. The molecule has 2 fully saturated rings. The van der Waals surface area contributed by atoms with E-state index in [1.54, 1.807) is 14.2 Å². The third-order valence-electron chi connectivity index (χ3n) is 5.45. The Morgan fingerprint density at radius 3 is 2.58 bits per heavy atom. The average Bonchev–Trinajstić information content (AvgIpc) is 3.25. The van der Waals surface area contributed by atoms with Gasteiger partial charge in [-0.15, -0.1) is 0 Å². The summed E-state index contributed by atoms with van der Waals surface area (Å²) < 4.78 is 10.8. The molecule has 0 aromatic heterocycles. The lowest BCUT2D eigenvalue weighted by atomic mass is 10.1. The number of nitrogens with zero attached hydrogens (tertiary/aromatic N) is 1. The highest BCUT2D eigenvalue weighted by atomic mass is 16.5. The van der Waals surface area contributed by atoms with Crippen LogP contribution in [-0.4, -0.2) is 51.2 Å². The quantitative estimate of drug-likeness (QED) is 0.869. The maximum absolute atomic E-state index is 12.6. The third-order valence-corrected chi connectivity index (χ3v) is 5.45. The van der Waals surface area contributed by atoms with Crippen molar-refractivity contribution in [1.29, 1.82) is 0 Å². The number of amides is 1. The summed E-state index contributed by atoms with van der Waals surface area (Å²) in [5, 5.41) is 3.25. The van der Waals surface area contributed by atoms with Crippen LogP contribution in [-0.2, 0) is 4.79 Å². The van der Waals surface area contributed by atoms with E-state index in [4.69, 9.17) is 9.47 Å². The van der Waals surface area contributed by atoms with Crippen molar-refractivity contribution in [2.45, 2.75) is 43.7 Å². The number of methoxy groups -OCH3 is 2. The van der Waals surface area contributed by atoms with E-state index in [1.807, 2.05) is 18.2 Å². The molecule has 2 aliphatic carbocycles. The molecule has 132 valence electrons. The highest BCUT2D eigenvalue weighted by Gasteiger charge is 2.46. The van der Waals surface area contributed by atoms with E-state index in [9.17, 15) is 4.79 Å². The number of hydrogen-bond acceptors (Lipinski definition) is 4. The molecule has 5 nitrogen and oxygen atoms in total. The second-order valence-corrected chi connectivity index (χ2v) is 7.19. The van der Waals surface area contributed by atoms with Gasteiger partial charge in [-0.2, -0.15) is 0 Å². The van der Waals surface area contributed by atoms with Crippen molar-refractivity contribution in [3.05, 3.63) is 23.8 Å². The summed E-state index contributed by atoms with van der Waals surface area (Å²) in [6.45, 7) is 0. The predicted octanol–water partition coefficient (Wildman–Crippen LogP) is 2.41. The first kappa shape index (κ1) is 17.1. The number of nitrogens with one attached hydrogen (secondary N) is 1. The van der Waals surface area contributed by atoms with Crippen LogP contribution in [0.3, 0.4) is 0 Å². The molecule has 0 spiro atoms. The van der Waals surface area contributed by atoms with E-state index < -0.39 is 0 Å².